The molecular weight excluding hydrogens is 242 g/mol. The van der Waals surface area contributed by atoms with E-state index in [1.54, 1.807) is 0 Å². The molecule has 3 heteroatoms. The number of aryl methyl sites for hydroxylation is 1. The molecule has 1 atom stereocenters. The number of benzene rings is 1. The van der Waals surface area contributed by atoms with Crippen molar-refractivity contribution in [2.45, 2.75) is 44.7 Å². The minimum absolute atomic E-state index is 0.543. The van der Waals surface area contributed by atoms with Gasteiger partial charge < -0.3 is 5.32 Å². The molecule has 1 fully saturated rings. The van der Waals surface area contributed by atoms with Gasteiger partial charge in [-0.05, 0) is 38.2 Å². The smallest absolute Gasteiger partial charge is 0.0249 e. The Labute approximate surface area is 113 Å². The van der Waals surface area contributed by atoms with E-state index in [0.29, 0.717) is 12.1 Å². The highest BCUT2D eigenvalue weighted by Gasteiger charge is 2.18. The van der Waals surface area contributed by atoms with E-state index in [-0.39, 0.29) is 0 Å². The van der Waals surface area contributed by atoms with E-state index in [9.17, 15) is 4.21 Å². The lowest BCUT2D eigenvalue weighted by atomic mass is 10.0. The maximum absolute atomic E-state index is 11.3. The highest BCUT2D eigenvalue weighted by Crippen LogP contribution is 2.11. The van der Waals surface area contributed by atoms with Crippen molar-refractivity contribution < 1.29 is 4.21 Å². The molecule has 2 rings (SSSR count). The Morgan fingerprint density at radius 2 is 1.94 bits per heavy atom. The van der Waals surface area contributed by atoms with Gasteiger partial charge in [0.15, 0.2) is 0 Å². The van der Waals surface area contributed by atoms with Crippen LogP contribution in [0.5, 0.6) is 0 Å². The third-order valence-electron chi connectivity index (χ3n) is 3.62. The molecule has 0 radical (unpaired) electrons. The first-order valence-electron chi connectivity index (χ1n) is 6.89. The third-order valence-corrected chi connectivity index (χ3v) is 5.00. The summed E-state index contributed by atoms with van der Waals surface area (Å²) in [6.07, 6.45) is 4.45. The Bertz CT molecular complexity index is 369. The van der Waals surface area contributed by atoms with Crippen molar-refractivity contribution in [1.82, 2.24) is 5.32 Å². The Balaban J connectivity index is 1.69. The largest absolute Gasteiger partial charge is 0.311 e. The summed E-state index contributed by atoms with van der Waals surface area (Å²) >= 11 is 0. The predicted molar refractivity (Wildman–Crippen MR) is 78.3 cm³/mol. The number of nitrogens with one attached hydrogen (secondary N) is 1. The van der Waals surface area contributed by atoms with Crippen molar-refractivity contribution in [2.75, 3.05) is 11.5 Å². The SMILES string of the molecule is CC(CCc1ccccc1)NC1CCS(=O)CC1. The van der Waals surface area contributed by atoms with Crippen LogP contribution in [0, 0.1) is 0 Å². The molecule has 0 bridgehead atoms. The van der Waals surface area contributed by atoms with Crippen LogP contribution in [-0.2, 0) is 17.2 Å². The maximum atomic E-state index is 11.3. The topological polar surface area (TPSA) is 29.1 Å². The van der Waals surface area contributed by atoms with Crippen molar-refractivity contribution in [3.8, 4) is 0 Å². The first-order valence-corrected chi connectivity index (χ1v) is 8.38. The van der Waals surface area contributed by atoms with Crippen LogP contribution in [0.15, 0.2) is 30.3 Å². The van der Waals surface area contributed by atoms with Gasteiger partial charge in [-0.2, -0.15) is 0 Å². The van der Waals surface area contributed by atoms with Gasteiger partial charge in [-0.25, -0.2) is 0 Å². The van der Waals surface area contributed by atoms with Crippen LogP contribution in [0.1, 0.15) is 31.7 Å². The van der Waals surface area contributed by atoms with E-state index in [1.165, 1.54) is 12.0 Å². The first kappa shape index (κ1) is 13.8. The number of hydrogen-bond acceptors (Lipinski definition) is 2. The fourth-order valence-corrected chi connectivity index (χ4v) is 3.77. The Morgan fingerprint density at radius 1 is 1.28 bits per heavy atom. The van der Waals surface area contributed by atoms with E-state index in [4.69, 9.17) is 0 Å². The van der Waals surface area contributed by atoms with Crippen molar-refractivity contribution in [2.24, 2.45) is 0 Å². The summed E-state index contributed by atoms with van der Waals surface area (Å²) in [6, 6.07) is 11.8. The average Bonchev–Trinajstić information content (AvgIpc) is 2.40. The van der Waals surface area contributed by atoms with E-state index in [2.05, 4.69) is 42.6 Å². The van der Waals surface area contributed by atoms with Crippen LogP contribution < -0.4 is 5.32 Å². The quantitative estimate of drug-likeness (QED) is 0.886. The summed E-state index contributed by atoms with van der Waals surface area (Å²) in [5.41, 5.74) is 1.41. The number of rotatable bonds is 5. The molecule has 0 aliphatic carbocycles. The first-order chi connectivity index (χ1) is 8.74. The van der Waals surface area contributed by atoms with Crippen LogP contribution in [0.4, 0.5) is 0 Å². The molecule has 1 aromatic carbocycles. The van der Waals surface area contributed by atoms with Gasteiger partial charge in [0.2, 0.25) is 0 Å². The molecule has 2 nitrogen and oxygen atoms in total. The van der Waals surface area contributed by atoms with Gasteiger partial charge in [-0.3, -0.25) is 4.21 Å². The van der Waals surface area contributed by atoms with Gasteiger partial charge in [0.1, 0.15) is 0 Å². The molecule has 1 saturated heterocycles. The molecular formula is C15H23NOS. The van der Waals surface area contributed by atoms with Gasteiger partial charge in [-0.15, -0.1) is 0 Å². The summed E-state index contributed by atoms with van der Waals surface area (Å²) in [4.78, 5) is 0. The van der Waals surface area contributed by atoms with Gasteiger partial charge in [0, 0.05) is 34.4 Å². The average molecular weight is 265 g/mol. The zero-order chi connectivity index (χ0) is 12.8. The highest BCUT2D eigenvalue weighted by molar-refractivity contribution is 7.85. The minimum Gasteiger partial charge on any atom is -0.311 e. The Morgan fingerprint density at radius 3 is 2.61 bits per heavy atom. The second kappa shape index (κ2) is 7.05. The second-order valence-corrected chi connectivity index (χ2v) is 6.91. The highest BCUT2D eigenvalue weighted by atomic mass is 32.2. The van der Waals surface area contributed by atoms with Gasteiger partial charge >= 0.3 is 0 Å². The summed E-state index contributed by atoms with van der Waals surface area (Å²) in [5, 5.41) is 3.68. The van der Waals surface area contributed by atoms with Crippen molar-refractivity contribution in [3.63, 3.8) is 0 Å². The fourth-order valence-electron chi connectivity index (χ4n) is 2.47. The molecule has 1 unspecified atom stereocenters. The molecule has 1 aliphatic heterocycles. The summed E-state index contributed by atoms with van der Waals surface area (Å²) in [7, 11) is -0.549. The van der Waals surface area contributed by atoms with Crippen molar-refractivity contribution in [3.05, 3.63) is 35.9 Å². The Kier molecular flexibility index (Phi) is 5.39. The zero-order valence-electron chi connectivity index (χ0n) is 11.1. The normalized spacial score (nSPS) is 25.8. The van der Waals surface area contributed by atoms with Gasteiger partial charge in [0.25, 0.3) is 0 Å². The molecule has 0 saturated carbocycles. The molecule has 1 aromatic rings. The van der Waals surface area contributed by atoms with Crippen LogP contribution in [0.25, 0.3) is 0 Å². The summed E-state index contributed by atoms with van der Waals surface area (Å²) in [5.74, 6) is 1.76. The molecule has 0 amide bonds. The van der Waals surface area contributed by atoms with Crippen LogP contribution in [-0.4, -0.2) is 27.8 Å². The fraction of sp³-hybridized carbons (Fsp3) is 0.600. The van der Waals surface area contributed by atoms with Crippen LogP contribution in [0.3, 0.4) is 0 Å². The monoisotopic (exact) mass is 265 g/mol. The lowest BCUT2D eigenvalue weighted by molar-refractivity contribution is 0.405. The second-order valence-electron chi connectivity index (χ2n) is 5.21. The van der Waals surface area contributed by atoms with Crippen LogP contribution in [0.2, 0.25) is 0 Å². The molecule has 100 valence electrons. The lowest BCUT2D eigenvalue weighted by Gasteiger charge is -2.26. The standard InChI is InChI=1S/C15H23NOS/c1-13(7-8-14-5-3-2-4-6-14)16-15-9-11-18(17)12-10-15/h2-6,13,15-16H,7-12H2,1H3. The van der Waals surface area contributed by atoms with Crippen molar-refractivity contribution in [1.29, 1.82) is 0 Å². The van der Waals surface area contributed by atoms with E-state index >= 15 is 0 Å². The van der Waals surface area contributed by atoms with Crippen molar-refractivity contribution >= 4 is 10.8 Å². The van der Waals surface area contributed by atoms with Gasteiger partial charge in [0.05, 0.1) is 0 Å². The molecule has 0 aromatic heterocycles. The van der Waals surface area contributed by atoms with E-state index in [1.807, 2.05) is 0 Å². The molecule has 18 heavy (non-hydrogen) atoms. The third kappa shape index (κ3) is 4.54. The predicted octanol–water partition coefficient (Wildman–Crippen LogP) is 2.51. The van der Waals surface area contributed by atoms with Gasteiger partial charge in [-0.1, -0.05) is 30.3 Å². The molecule has 0 spiro atoms. The van der Waals surface area contributed by atoms with E-state index < -0.39 is 10.8 Å². The van der Waals surface area contributed by atoms with E-state index in [0.717, 1.165) is 30.8 Å². The maximum Gasteiger partial charge on any atom is 0.0249 e. The summed E-state index contributed by atoms with van der Waals surface area (Å²) < 4.78 is 11.3. The summed E-state index contributed by atoms with van der Waals surface area (Å²) in [6.45, 7) is 2.26. The lowest BCUT2D eigenvalue weighted by Crippen LogP contribution is -2.41. The Hall–Kier alpha value is -0.670. The molecule has 1 heterocycles. The molecule has 1 aliphatic rings. The minimum atomic E-state index is -0.549. The molecule has 1 N–H and O–H groups in total. The zero-order valence-corrected chi connectivity index (χ0v) is 11.9. The number of hydrogen-bond donors (Lipinski definition) is 1. The van der Waals surface area contributed by atoms with Crippen LogP contribution >= 0.6 is 0 Å².